The maximum Gasteiger partial charge on any atom is 0.251 e. The van der Waals surface area contributed by atoms with E-state index in [1.807, 2.05) is 22.6 Å². The second-order valence-corrected chi connectivity index (χ2v) is 6.02. The average Bonchev–Trinajstić information content (AvgIpc) is 2.94. The third-order valence-corrected chi connectivity index (χ3v) is 4.54. The lowest BCUT2D eigenvalue weighted by Crippen LogP contribution is -2.41. The summed E-state index contributed by atoms with van der Waals surface area (Å²) in [7, 11) is 0. The van der Waals surface area contributed by atoms with Crippen LogP contribution in [0.1, 0.15) is 29.6 Å². The molecule has 5 heteroatoms. The molecule has 1 amide bonds. The minimum Gasteiger partial charge on any atom is -0.507 e. The highest BCUT2D eigenvalue weighted by molar-refractivity contribution is 14.1. The van der Waals surface area contributed by atoms with Crippen LogP contribution in [0.15, 0.2) is 18.2 Å². The summed E-state index contributed by atoms with van der Waals surface area (Å²) < 4.78 is 6.44. The molecule has 3 unspecified atom stereocenters. The van der Waals surface area contributed by atoms with E-state index in [2.05, 4.69) is 5.32 Å². The van der Waals surface area contributed by atoms with E-state index < -0.39 is 0 Å². The Morgan fingerprint density at radius 2 is 2.28 bits per heavy atom. The fourth-order valence-corrected chi connectivity index (χ4v) is 3.03. The molecule has 1 aromatic rings. The van der Waals surface area contributed by atoms with Gasteiger partial charge in [0.1, 0.15) is 5.75 Å². The molecule has 4 nitrogen and oxygen atoms in total. The minimum atomic E-state index is -0.136. The number of phenolic OH excluding ortho intramolecular Hbond substituents is 1. The van der Waals surface area contributed by atoms with Gasteiger partial charge in [0.25, 0.3) is 5.91 Å². The Bertz CT molecular complexity index is 491. The van der Waals surface area contributed by atoms with Crippen molar-refractivity contribution >= 4 is 28.5 Å². The van der Waals surface area contributed by atoms with Crippen molar-refractivity contribution in [3.05, 3.63) is 27.3 Å². The summed E-state index contributed by atoms with van der Waals surface area (Å²) in [6.07, 6.45) is 3.56. The van der Waals surface area contributed by atoms with Gasteiger partial charge in [0.15, 0.2) is 0 Å². The molecule has 2 bridgehead atoms. The first kappa shape index (κ1) is 12.2. The first-order chi connectivity index (χ1) is 8.63. The Kier molecular flexibility index (Phi) is 3.19. The van der Waals surface area contributed by atoms with Crippen molar-refractivity contribution in [1.82, 2.24) is 5.32 Å². The Balaban J connectivity index is 1.69. The average molecular weight is 359 g/mol. The summed E-state index contributed by atoms with van der Waals surface area (Å²) in [5.41, 5.74) is 0.496. The molecule has 2 saturated heterocycles. The van der Waals surface area contributed by atoms with Crippen molar-refractivity contribution in [3.8, 4) is 5.75 Å². The number of hydrogen-bond acceptors (Lipinski definition) is 3. The zero-order chi connectivity index (χ0) is 12.7. The van der Waals surface area contributed by atoms with Crippen LogP contribution in [0, 0.1) is 3.57 Å². The van der Waals surface area contributed by atoms with Crippen LogP contribution in [0.25, 0.3) is 0 Å². The molecular formula is C13H14INO3. The van der Waals surface area contributed by atoms with Crippen molar-refractivity contribution in [2.45, 2.75) is 37.5 Å². The number of carbonyl (C=O) groups excluding carboxylic acids is 1. The van der Waals surface area contributed by atoms with Crippen LogP contribution in [0.3, 0.4) is 0 Å². The molecule has 2 fully saturated rings. The van der Waals surface area contributed by atoms with E-state index in [-0.39, 0.29) is 23.8 Å². The molecule has 2 N–H and O–H groups in total. The van der Waals surface area contributed by atoms with E-state index in [0.717, 1.165) is 22.8 Å². The maximum atomic E-state index is 12.1. The Labute approximate surface area is 119 Å². The monoisotopic (exact) mass is 359 g/mol. The molecule has 96 valence electrons. The molecule has 2 aliphatic rings. The van der Waals surface area contributed by atoms with Crippen LogP contribution in [0.5, 0.6) is 5.75 Å². The lowest BCUT2D eigenvalue weighted by Gasteiger charge is -2.20. The molecule has 2 aliphatic heterocycles. The van der Waals surface area contributed by atoms with Crippen LogP contribution in [-0.2, 0) is 4.74 Å². The van der Waals surface area contributed by atoms with E-state index in [1.54, 1.807) is 12.1 Å². The van der Waals surface area contributed by atoms with Gasteiger partial charge in [-0.05, 0) is 60.1 Å². The molecule has 0 saturated carbocycles. The topological polar surface area (TPSA) is 58.6 Å². The molecule has 0 radical (unpaired) electrons. The predicted molar refractivity (Wildman–Crippen MR) is 74.6 cm³/mol. The zero-order valence-corrected chi connectivity index (χ0v) is 11.9. The number of fused-ring (bicyclic) bond motifs is 2. The Hall–Kier alpha value is -0.820. The van der Waals surface area contributed by atoms with Crippen LogP contribution in [0.4, 0.5) is 0 Å². The quantitative estimate of drug-likeness (QED) is 0.795. The van der Waals surface area contributed by atoms with Gasteiger partial charge in [0.2, 0.25) is 0 Å². The van der Waals surface area contributed by atoms with Gasteiger partial charge in [-0.15, -0.1) is 0 Å². The summed E-state index contributed by atoms with van der Waals surface area (Å²) >= 11 is 2.03. The number of aromatic hydroxyl groups is 1. The summed E-state index contributed by atoms with van der Waals surface area (Å²) in [6.45, 7) is 0. The maximum absolute atomic E-state index is 12.1. The largest absolute Gasteiger partial charge is 0.507 e. The van der Waals surface area contributed by atoms with Gasteiger partial charge in [-0.2, -0.15) is 0 Å². The van der Waals surface area contributed by atoms with Gasteiger partial charge in [-0.1, -0.05) is 0 Å². The molecule has 0 spiro atoms. The second kappa shape index (κ2) is 4.70. The standard InChI is InChI=1S/C13H14INO3/c14-9-3-1-7(5-11(9)16)13(17)15-10-6-8-2-4-12(10)18-8/h1,3,5,8,10,12,16H,2,4,6H2,(H,15,17). The summed E-state index contributed by atoms with van der Waals surface area (Å²) in [6, 6.07) is 5.09. The first-order valence-electron chi connectivity index (χ1n) is 6.08. The zero-order valence-electron chi connectivity index (χ0n) is 9.73. The van der Waals surface area contributed by atoms with Gasteiger partial charge in [0, 0.05) is 5.56 Å². The van der Waals surface area contributed by atoms with Crippen LogP contribution in [0.2, 0.25) is 0 Å². The summed E-state index contributed by atoms with van der Waals surface area (Å²) in [5.74, 6) is 0.00953. The van der Waals surface area contributed by atoms with Gasteiger partial charge < -0.3 is 15.2 Å². The van der Waals surface area contributed by atoms with E-state index >= 15 is 0 Å². The number of benzene rings is 1. The third kappa shape index (κ3) is 2.21. The predicted octanol–water partition coefficient (Wildman–Crippen LogP) is 2.05. The van der Waals surface area contributed by atoms with Crippen LogP contribution >= 0.6 is 22.6 Å². The van der Waals surface area contributed by atoms with Gasteiger partial charge in [0.05, 0.1) is 21.8 Å². The van der Waals surface area contributed by atoms with Gasteiger partial charge in [-0.3, -0.25) is 4.79 Å². The number of nitrogens with one attached hydrogen (secondary N) is 1. The van der Waals surface area contributed by atoms with Gasteiger partial charge >= 0.3 is 0 Å². The molecule has 0 aliphatic carbocycles. The number of ether oxygens (including phenoxy) is 1. The van der Waals surface area contributed by atoms with Crippen molar-refractivity contribution < 1.29 is 14.6 Å². The third-order valence-electron chi connectivity index (χ3n) is 3.63. The molecule has 18 heavy (non-hydrogen) atoms. The van der Waals surface area contributed by atoms with Crippen LogP contribution in [-0.4, -0.2) is 29.3 Å². The normalized spacial score (nSPS) is 29.5. The Morgan fingerprint density at radius 3 is 2.89 bits per heavy atom. The van der Waals surface area contributed by atoms with Crippen molar-refractivity contribution in [1.29, 1.82) is 0 Å². The van der Waals surface area contributed by atoms with Crippen molar-refractivity contribution in [3.63, 3.8) is 0 Å². The number of carbonyl (C=O) groups is 1. The van der Waals surface area contributed by atoms with E-state index in [9.17, 15) is 9.90 Å². The molecule has 1 aromatic carbocycles. The number of phenols is 1. The van der Waals surface area contributed by atoms with E-state index in [0.29, 0.717) is 11.7 Å². The van der Waals surface area contributed by atoms with Crippen molar-refractivity contribution in [2.24, 2.45) is 0 Å². The molecule has 0 aromatic heterocycles. The number of hydrogen-bond donors (Lipinski definition) is 2. The number of halogens is 1. The van der Waals surface area contributed by atoms with Gasteiger partial charge in [-0.25, -0.2) is 0 Å². The van der Waals surface area contributed by atoms with E-state index in [4.69, 9.17) is 4.74 Å². The molecule has 2 heterocycles. The molecule has 3 rings (SSSR count). The number of rotatable bonds is 2. The fourth-order valence-electron chi connectivity index (χ4n) is 2.70. The summed E-state index contributed by atoms with van der Waals surface area (Å²) in [4.78, 5) is 12.1. The van der Waals surface area contributed by atoms with Crippen molar-refractivity contribution in [2.75, 3.05) is 0 Å². The lowest BCUT2D eigenvalue weighted by atomic mass is 9.95. The molecule has 3 atom stereocenters. The smallest absolute Gasteiger partial charge is 0.251 e. The second-order valence-electron chi connectivity index (χ2n) is 4.86. The fraction of sp³-hybridized carbons (Fsp3) is 0.462. The SMILES string of the molecule is O=C(NC1CC2CCC1O2)c1ccc(I)c(O)c1. The summed E-state index contributed by atoms with van der Waals surface area (Å²) in [5, 5.41) is 12.6. The minimum absolute atomic E-state index is 0.123. The van der Waals surface area contributed by atoms with E-state index in [1.165, 1.54) is 6.07 Å². The lowest BCUT2D eigenvalue weighted by molar-refractivity contribution is 0.0840. The van der Waals surface area contributed by atoms with Crippen LogP contribution < -0.4 is 5.32 Å². The highest BCUT2D eigenvalue weighted by Gasteiger charge is 2.41. The first-order valence-corrected chi connectivity index (χ1v) is 7.16. The number of amides is 1. The Morgan fingerprint density at radius 1 is 1.44 bits per heavy atom. The highest BCUT2D eigenvalue weighted by Crippen LogP contribution is 2.34. The highest BCUT2D eigenvalue weighted by atomic mass is 127. The molecular weight excluding hydrogens is 345 g/mol.